The SMILES string of the molecule is C=CCC(C(=O)OCl)=C(Cl)OP(=O)(O)O. The molecule has 0 aliphatic heterocycles. The van der Waals surface area contributed by atoms with Gasteiger partial charge in [-0.3, -0.25) is 9.79 Å². The lowest BCUT2D eigenvalue weighted by Crippen LogP contribution is -2.04. The van der Waals surface area contributed by atoms with Crippen molar-refractivity contribution in [1.29, 1.82) is 0 Å². The first-order valence-corrected chi connectivity index (χ1v) is 5.61. The molecule has 0 saturated heterocycles. The van der Waals surface area contributed by atoms with Crippen molar-refractivity contribution in [2.24, 2.45) is 0 Å². The Hall–Kier alpha value is -0.520. The summed E-state index contributed by atoms with van der Waals surface area (Å²) in [5.74, 6) is -1.07. The van der Waals surface area contributed by atoms with Crippen molar-refractivity contribution in [2.75, 3.05) is 0 Å². The first kappa shape index (κ1) is 14.5. The van der Waals surface area contributed by atoms with E-state index < -0.39 is 19.0 Å². The van der Waals surface area contributed by atoms with Crippen molar-refractivity contribution in [3.8, 4) is 0 Å². The molecule has 0 aromatic heterocycles. The highest BCUT2D eigenvalue weighted by Crippen LogP contribution is 2.41. The summed E-state index contributed by atoms with van der Waals surface area (Å²) in [6.45, 7) is 3.30. The van der Waals surface area contributed by atoms with E-state index in [1.807, 2.05) is 0 Å². The predicted octanol–water partition coefficient (Wildman–Crippen LogP) is 1.82. The monoisotopic (exact) mass is 276 g/mol. The van der Waals surface area contributed by atoms with Crippen LogP contribution >= 0.6 is 31.3 Å². The van der Waals surface area contributed by atoms with Crippen LogP contribution in [0.3, 0.4) is 0 Å². The van der Waals surface area contributed by atoms with Crippen LogP contribution in [-0.2, 0) is 18.2 Å². The minimum absolute atomic E-state index is 0.107. The first-order valence-electron chi connectivity index (χ1n) is 3.39. The Morgan fingerprint density at radius 1 is 1.53 bits per heavy atom. The maximum atomic E-state index is 11.0. The molecule has 0 spiro atoms. The molecular weight excluding hydrogens is 270 g/mol. The van der Waals surface area contributed by atoms with Crippen molar-refractivity contribution in [2.45, 2.75) is 6.42 Å². The number of carbonyl (C=O) groups is 1. The molecule has 0 aromatic carbocycles. The van der Waals surface area contributed by atoms with Gasteiger partial charge in [0.25, 0.3) is 0 Å². The van der Waals surface area contributed by atoms with E-state index in [0.717, 1.165) is 0 Å². The molecule has 6 nitrogen and oxygen atoms in total. The van der Waals surface area contributed by atoms with Gasteiger partial charge in [-0.2, -0.15) is 0 Å². The molecule has 0 amide bonds. The van der Waals surface area contributed by atoms with E-state index in [-0.39, 0.29) is 12.0 Å². The maximum absolute atomic E-state index is 11.0. The Bertz CT molecular complexity index is 333. The second kappa shape index (κ2) is 6.15. The van der Waals surface area contributed by atoms with Gasteiger partial charge in [0.15, 0.2) is 0 Å². The molecule has 0 heterocycles. The smallest absolute Gasteiger partial charge is 0.392 e. The van der Waals surface area contributed by atoms with Crippen molar-refractivity contribution in [3.63, 3.8) is 0 Å². The van der Waals surface area contributed by atoms with Crippen LogP contribution in [0.15, 0.2) is 23.4 Å². The molecule has 0 radical (unpaired) electrons. The summed E-state index contributed by atoms with van der Waals surface area (Å²) in [7, 11) is -4.82. The summed E-state index contributed by atoms with van der Waals surface area (Å²) in [5.41, 5.74) is -0.343. The number of phosphoric acid groups is 1. The summed E-state index contributed by atoms with van der Waals surface area (Å²) >= 11 is 10.1. The molecule has 15 heavy (non-hydrogen) atoms. The van der Waals surface area contributed by atoms with Crippen LogP contribution in [0.1, 0.15) is 6.42 Å². The van der Waals surface area contributed by atoms with Crippen LogP contribution < -0.4 is 0 Å². The minimum Gasteiger partial charge on any atom is -0.392 e. The van der Waals surface area contributed by atoms with Gasteiger partial charge in [0.05, 0.1) is 5.57 Å². The Morgan fingerprint density at radius 2 is 2.07 bits per heavy atom. The molecule has 0 aliphatic carbocycles. The summed E-state index contributed by atoms with van der Waals surface area (Å²) in [6, 6.07) is 0. The Kier molecular flexibility index (Phi) is 5.93. The largest absolute Gasteiger partial charge is 0.525 e. The third-order valence-corrected chi connectivity index (χ3v) is 2.07. The number of hydrogen-bond donors (Lipinski definition) is 2. The topological polar surface area (TPSA) is 93.1 Å². The van der Waals surface area contributed by atoms with Gasteiger partial charge in [0.1, 0.15) is 11.9 Å². The minimum atomic E-state index is -4.82. The van der Waals surface area contributed by atoms with Gasteiger partial charge in [-0.15, -0.1) is 6.58 Å². The van der Waals surface area contributed by atoms with E-state index in [4.69, 9.17) is 33.3 Å². The molecule has 9 heteroatoms. The standard InChI is InChI=1S/C6H7Cl2O6P/c1-2-3-4(6(9)13-8)5(7)14-15(10,11)12/h2H,1,3H2,(H2,10,11,12). The van der Waals surface area contributed by atoms with Gasteiger partial charge < -0.3 is 8.81 Å². The Labute approximate surface area is 95.5 Å². The highest BCUT2D eigenvalue weighted by molar-refractivity contribution is 7.46. The normalized spacial score (nSPS) is 12.8. The molecule has 2 N–H and O–H groups in total. The molecule has 86 valence electrons. The zero-order chi connectivity index (χ0) is 12.1. The molecule has 0 atom stereocenters. The van der Waals surface area contributed by atoms with Crippen LogP contribution in [0, 0.1) is 0 Å². The van der Waals surface area contributed by atoms with E-state index in [0.29, 0.717) is 0 Å². The molecule has 0 aromatic rings. The van der Waals surface area contributed by atoms with E-state index in [1.165, 1.54) is 6.08 Å². The number of phosphoric ester groups is 1. The number of carbonyl (C=O) groups excluding carboxylic acids is 1. The number of halogens is 2. The van der Waals surface area contributed by atoms with Gasteiger partial charge in [0.2, 0.25) is 5.22 Å². The van der Waals surface area contributed by atoms with E-state index in [9.17, 15) is 9.36 Å². The molecule has 0 rings (SSSR count). The lowest BCUT2D eigenvalue weighted by molar-refractivity contribution is -0.129. The fraction of sp³-hybridized carbons (Fsp3) is 0.167. The zero-order valence-corrected chi connectivity index (χ0v) is 9.63. The Morgan fingerprint density at radius 3 is 2.40 bits per heavy atom. The van der Waals surface area contributed by atoms with Crippen LogP contribution in [0.4, 0.5) is 0 Å². The third-order valence-electron chi connectivity index (χ3n) is 1.10. The van der Waals surface area contributed by atoms with Gasteiger partial charge in [-0.1, -0.05) is 6.08 Å². The average molecular weight is 277 g/mol. The number of hydrogen-bond acceptors (Lipinski definition) is 4. The highest BCUT2D eigenvalue weighted by Gasteiger charge is 2.23. The highest BCUT2D eigenvalue weighted by atomic mass is 35.5. The van der Waals surface area contributed by atoms with Crippen molar-refractivity contribution >= 4 is 37.3 Å². The molecule has 0 aliphatic rings. The maximum Gasteiger partial charge on any atom is 0.525 e. The Balaban J connectivity index is 5.00. The summed E-state index contributed by atoms with van der Waals surface area (Å²) in [4.78, 5) is 27.8. The summed E-state index contributed by atoms with van der Waals surface area (Å²) in [5, 5.41) is -0.783. The van der Waals surface area contributed by atoms with Gasteiger partial charge >= 0.3 is 13.8 Å². The molecule has 0 bridgehead atoms. The van der Waals surface area contributed by atoms with Crippen LogP contribution in [0.2, 0.25) is 0 Å². The third kappa shape index (κ3) is 5.81. The quantitative estimate of drug-likeness (QED) is 0.344. The lowest BCUT2D eigenvalue weighted by atomic mass is 10.2. The van der Waals surface area contributed by atoms with Gasteiger partial charge in [-0.25, -0.2) is 9.36 Å². The first-order chi connectivity index (χ1) is 6.81. The summed E-state index contributed by atoms with van der Waals surface area (Å²) < 4.78 is 18.2. The molecule has 0 fully saturated rings. The second-order valence-corrected chi connectivity index (χ2v) is 3.85. The van der Waals surface area contributed by atoms with Gasteiger partial charge in [0, 0.05) is 6.42 Å². The van der Waals surface area contributed by atoms with Crippen LogP contribution in [0.25, 0.3) is 0 Å². The number of allylic oxidation sites excluding steroid dienone is 1. The number of rotatable bonds is 5. The van der Waals surface area contributed by atoms with E-state index in [1.54, 1.807) is 0 Å². The van der Waals surface area contributed by atoms with Crippen LogP contribution in [0.5, 0.6) is 0 Å². The second-order valence-electron chi connectivity index (χ2n) is 2.19. The average Bonchev–Trinajstić information content (AvgIpc) is 2.10. The van der Waals surface area contributed by atoms with E-state index in [2.05, 4.69) is 15.4 Å². The van der Waals surface area contributed by atoms with Crippen molar-refractivity contribution in [3.05, 3.63) is 23.4 Å². The zero-order valence-electron chi connectivity index (χ0n) is 7.22. The predicted molar refractivity (Wildman–Crippen MR) is 52.8 cm³/mol. The fourth-order valence-electron chi connectivity index (χ4n) is 0.594. The van der Waals surface area contributed by atoms with Crippen LogP contribution in [-0.4, -0.2) is 15.8 Å². The fourth-order valence-corrected chi connectivity index (χ4v) is 1.43. The van der Waals surface area contributed by atoms with E-state index >= 15 is 0 Å². The lowest BCUT2D eigenvalue weighted by Gasteiger charge is -2.08. The molecule has 0 unspecified atom stereocenters. The van der Waals surface area contributed by atoms with Crippen molar-refractivity contribution < 1.29 is 28.0 Å². The van der Waals surface area contributed by atoms with Crippen molar-refractivity contribution in [1.82, 2.24) is 0 Å². The van der Waals surface area contributed by atoms with Gasteiger partial charge in [-0.05, 0) is 11.6 Å². The summed E-state index contributed by atoms with van der Waals surface area (Å²) in [6.07, 6.45) is 1.15. The molecule has 0 saturated carbocycles. The molecular formula is C6H7Cl2O6P.